The highest BCUT2D eigenvalue weighted by Gasteiger charge is 2.55. The molecule has 2 atom stereocenters. The lowest BCUT2D eigenvalue weighted by atomic mass is 10.0. The molecule has 0 aliphatic carbocycles. The number of fused-ring (bicyclic) bond motifs is 1. The molecule has 16 nitrogen and oxygen atoms in total. The molecule has 4 rings (SSSR count). The lowest BCUT2D eigenvalue weighted by Crippen LogP contribution is -2.71. The molecule has 0 spiro atoms. The van der Waals surface area contributed by atoms with Gasteiger partial charge in [-0.15, -0.1) is 28.2 Å². The van der Waals surface area contributed by atoms with Gasteiger partial charge in [-0.2, -0.15) is 11.8 Å². The highest BCUT2D eigenvalue weighted by atomic mass is 32.2. The predicted molar refractivity (Wildman–Crippen MR) is 153 cm³/mol. The number of tetrazole rings is 1. The van der Waals surface area contributed by atoms with Crippen LogP contribution in [0.1, 0.15) is 18.4 Å². The van der Waals surface area contributed by atoms with Crippen molar-refractivity contribution in [1.29, 1.82) is 5.41 Å². The van der Waals surface area contributed by atoms with Gasteiger partial charge in [-0.1, -0.05) is 17.4 Å². The number of aryl methyl sites for hydroxylation is 1. The maximum Gasteiger partial charge on any atom is 0.353 e. The number of aromatic nitrogens is 5. The average Bonchev–Trinajstić information content (AvgIpc) is 3.57. The molecule has 0 unspecified atom stereocenters. The number of amides is 2. The fourth-order valence-corrected chi connectivity index (χ4v) is 6.69. The first-order valence-electron chi connectivity index (χ1n) is 11.5. The number of carbonyl (C=O) groups excluding carboxylic acids is 2. The molecule has 0 aromatic carbocycles. The van der Waals surface area contributed by atoms with Gasteiger partial charge in [-0.05, 0) is 17.4 Å². The van der Waals surface area contributed by atoms with Crippen LogP contribution in [-0.4, -0.2) is 105 Å². The summed E-state index contributed by atoms with van der Waals surface area (Å²) >= 11 is 9.33. The third-order valence-corrected chi connectivity index (χ3v) is 8.81. The Morgan fingerprint density at radius 2 is 2.23 bits per heavy atom. The number of nitrogens with two attached hydrogens (primary N) is 2. The van der Waals surface area contributed by atoms with Gasteiger partial charge in [0.2, 0.25) is 0 Å². The van der Waals surface area contributed by atoms with E-state index in [4.69, 9.17) is 33.9 Å². The van der Waals surface area contributed by atoms with Crippen LogP contribution in [0, 0.1) is 5.41 Å². The van der Waals surface area contributed by atoms with E-state index in [1.807, 2.05) is 0 Å². The topological polar surface area (TPSA) is 241 Å². The van der Waals surface area contributed by atoms with Gasteiger partial charge in [0.15, 0.2) is 16.7 Å². The van der Waals surface area contributed by atoms with Gasteiger partial charge < -0.3 is 26.7 Å². The number of oxime groups is 1. The summed E-state index contributed by atoms with van der Waals surface area (Å²) in [5.74, 6) is -1.46. The molecule has 0 radical (unpaired) electrons. The van der Waals surface area contributed by atoms with Crippen LogP contribution in [0.25, 0.3) is 0 Å². The zero-order valence-corrected chi connectivity index (χ0v) is 24.0. The standard InChI is InChI=1S/C20H23N11O5S4/c1-2-36-27-11(9-6-40-20(23)24-9)16(32)25-12-17(33)31-13(19(34)35)8(5-39-18(12)31)14(37)15-26-28-29-30(15)3-4-38-7-10(21)22/h6,12,18H,2-5,7H2,1H3,(H3,21,22)(H2,23,24)(H,25,32)(H,34,35)/b27-11-/t12-,18+/m1/s1. The van der Waals surface area contributed by atoms with Crippen molar-refractivity contribution in [3.63, 3.8) is 0 Å². The van der Waals surface area contributed by atoms with Crippen LogP contribution in [-0.2, 0) is 25.8 Å². The number of aliphatic carboxylic acids is 1. The number of nitrogens with zero attached hydrogens (tertiary/aromatic N) is 7. The molecular weight excluding hydrogens is 603 g/mol. The minimum atomic E-state index is -1.35. The number of hydrogen-bond donors (Lipinski definition) is 5. The normalized spacial score (nSPS) is 18.7. The Bertz CT molecular complexity index is 1420. The number of thiocarbonyl (C=S) groups is 1. The van der Waals surface area contributed by atoms with E-state index in [-0.39, 0.29) is 56.7 Å². The zero-order valence-electron chi connectivity index (χ0n) is 20.8. The van der Waals surface area contributed by atoms with Crippen LogP contribution in [0.5, 0.6) is 0 Å². The van der Waals surface area contributed by atoms with E-state index < -0.39 is 29.2 Å². The first-order chi connectivity index (χ1) is 19.1. The Balaban J connectivity index is 1.52. The summed E-state index contributed by atoms with van der Waals surface area (Å²) in [5, 5.41) is 36.4. The molecule has 1 saturated heterocycles. The second kappa shape index (κ2) is 12.7. The molecular formula is C20H23N11O5S4. The molecule has 2 aromatic rings. The van der Waals surface area contributed by atoms with Crippen molar-refractivity contribution in [1.82, 2.24) is 35.4 Å². The van der Waals surface area contributed by atoms with Crippen molar-refractivity contribution < 1.29 is 24.3 Å². The lowest BCUT2D eigenvalue weighted by molar-refractivity contribution is -0.150. The molecule has 2 aliphatic rings. The van der Waals surface area contributed by atoms with Gasteiger partial charge in [0.25, 0.3) is 11.8 Å². The summed E-state index contributed by atoms with van der Waals surface area (Å²) < 4.78 is 1.43. The minimum absolute atomic E-state index is 0.0434. The van der Waals surface area contributed by atoms with Crippen molar-refractivity contribution >= 4 is 86.4 Å². The maximum atomic E-state index is 13.2. The molecule has 0 bridgehead atoms. The second-order valence-electron chi connectivity index (χ2n) is 8.05. The second-order valence-corrected chi connectivity index (χ2v) is 11.6. The van der Waals surface area contributed by atoms with Crippen LogP contribution in [0.4, 0.5) is 5.13 Å². The number of nitrogens with one attached hydrogen (secondary N) is 2. The summed E-state index contributed by atoms with van der Waals surface area (Å²) in [4.78, 5) is 48.8. The smallest absolute Gasteiger partial charge is 0.353 e. The maximum absolute atomic E-state index is 13.2. The summed E-state index contributed by atoms with van der Waals surface area (Å²) in [6, 6.07) is -1.02. The van der Waals surface area contributed by atoms with E-state index in [1.165, 1.54) is 33.6 Å². The Labute approximate surface area is 244 Å². The quantitative estimate of drug-likeness (QED) is 0.0351. The highest BCUT2D eigenvalue weighted by Crippen LogP contribution is 2.41. The van der Waals surface area contributed by atoms with Crippen molar-refractivity contribution in [2.45, 2.75) is 24.9 Å². The number of hydrogen-bond acceptors (Lipinski definition) is 15. The molecule has 212 valence electrons. The molecule has 2 aromatic heterocycles. The Morgan fingerprint density at radius 3 is 2.88 bits per heavy atom. The van der Waals surface area contributed by atoms with Gasteiger partial charge in [-0.25, -0.2) is 14.5 Å². The van der Waals surface area contributed by atoms with Crippen molar-refractivity contribution in [3.05, 3.63) is 28.2 Å². The minimum Gasteiger partial charge on any atom is -0.477 e. The summed E-state index contributed by atoms with van der Waals surface area (Å²) in [5.41, 5.74) is 11.0. The van der Waals surface area contributed by atoms with Gasteiger partial charge in [0.1, 0.15) is 35.2 Å². The third-order valence-electron chi connectivity index (χ3n) is 5.44. The van der Waals surface area contributed by atoms with E-state index in [0.29, 0.717) is 18.1 Å². The van der Waals surface area contributed by atoms with E-state index in [0.717, 1.165) is 16.2 Å². The molecule has 2 amide bonds. The van der Waals surface area contributed by atoms with Crippen LogP contribution >= 0.6 is 47.1 Å². The van der Waals surface area contributed by atoms with Crippen LogP contribution in [0.2, 0.25) is 0 Å². The van der Waals surface area contributed by atoms with Crippen molar-refractivity contribution in [2.24, 2.45) is 10.9 Å². The third kappa shape index (κ3) is 6.08. The molecule has 0 saturated carbocycles. The fourth-order valence-electron chi connectivity index (χ4n) is 3.72. The number of thioether (sulfide) groups is 2. The van der Waals surface area contributed by atoms with Crippen LogP contribution in [0.15, 0.2) is 21.8 Å². The first-order valence-corrected chi connectivity index (χ1v) is 15.0. The number of nitrogen functional groups attached to an aromatic ring is 1. The summed E-state index contributed by atoms with van der Waals surface area (Å²) in [7, 11) is 0. The van der Waals surface area contributed by atoms with Gasteiger partial charge >= 0.3 is 5.97 Å². The number of β-lactam (4-membered cyclic amide) rings is 1. The zero-order chi connectivity index (χ0) is 29.0. The number of carbonyl (C=O) groups is 3. The lowest BCUT2D eigenvalue weighted by Gasteiger charge is -2.49. The monoisotopic (exact) mass is 625 g/mol. The van der Waals surface area contributed by atoms with E-state index in [9.17, 15) is 19.5 Å². The summed E-state index contributed by atoms with van der Waals surface area (Å²) in [6.45, 7) is 2.23. The fraction of sp³-hybridized carbons (Fsp3) is 0.400. The molecule has 7 N–H and O–H groups in total. The van der Waals surface area contributed by atoms with Crippen LogP contribution < -0.4 is 16.8 Å². The number of carboxylic acids is 1. The van der Waals surface area contributed by atoms with Crippen molar-refractivity contribution in [2.75, 3.05) is 29.6 Å². The summed E-state index contributed by atoms with van der Waals surface area (Å²) in [6.07, 6.45) is 0. The number of amidine groups is 1. The van der Waals surface area contributed by atoms with E-state index in [2.05, 4.69) is 31.0 Å². The average molecular weight is 626 g/mol. The Morgan fingerprint density at radius 1 is 1.45 bits per heavy atom. The number of anilines is 1. The van der Waals surface area contributed by atoms with Gasteiger partial charge in [-0.3, -0.25) is 19.9 Å². The largest absolute Gasteiger partial charge is 0.477 e. The number of carboxylic acid groups (broad SMARTS) is 1. The predicted octanol–water partition coefficient (Wildman–Crippen LogP) is -0.722. The number of thiazole rings is 1. The van der Waals surface area contributed by atoms with Crippen LogP contribution in [0.3, 0.4) is 0 Å². The van der Waals surface area contributed by atoms with E-state index in [1.54, 1.807) is 6.92 Å². The number of rotatable bonds is 13. The molecule has 2 aliphatic heterocycles. The molecule has 40 heavy (non-hydrogen) atoms. The van der Waals surface area contributed by atoms with Gasteiger partial charge in [0.05, 0.1) is 17.2 Å². The van der Waals surface area contributed by atoms with Crippen molar-refractivity contribution in [3.8, 4) is 0 Å². The SMILES string of the molecule is CCO/N=C(\C(=O)N[C@@H]1C(=O)N2C(C(=O)O)=C(C(=S)c3nnnn3CCSCC(=N)N)CS[C@@H]12)c1csc(N)n1. The molecule has 1 fully saturated rings. The Kier molecular flexibility index (Phi) is 9.32. The Hall–Kier alpha value is -3.62. The molecule has 4 heterocycles. The van der Waals surface area contributed by atoms with E-state index >= 15 is 0 Å². The van der Waals surface area contributed by atoms with Gasteiger partial charge in [0, 0.05) is 22.5 Å². The molecule has 20 heteroatoms. The highest BCUT2D eigenvalue weighted by molar-refractivity contribution is 8.00. The first kappa shape index (κ1) is 29.4.